The maximum Gasteiger partial charge on any atom is 0.305 e. The van der Waals surface area contributed by atoms with Crippen LogP contribution in [0.2, 0.25) is 0 Å². The number of unbranched alkanes of at least 4 members (excludes halogenated alkanes) is 1. The number of carboxylic acids is 1. The third-order valence-corrected chi connectivity index (χ3v) is 3.89. The van der Waals surface area contributed by atoms with Gasteiger partial charge in [0.15, 0.2) is 0 Å². The minimum absolute atomic E-state index is 0.137. The third kappa shape index (κ3) is 6.06. The molecule has 0 aliphatic rings. The van der Waals surface area contributed by atoms with E-state index in [2.05, 4.69) is 18.7 Å². The summed E-state index contributed by atoms with van der Waals surface area (Å²) in [5.74, 6) is -0.186. The molecule has 0 aliphatic carbocycles. The van der Waals surface area contributed by atoms with E-state index in [1.165, 1.54) is 19.3 Å². The van der Waals surface area contributed by atoms with Crippen LogP contribution in [-0.4, -0.2) is 24.2 Å². The molecule has 1 unspecified atom stereocenters. The van der Waals surface area contributed by atoms with Gasteiger partial charge in [0.1, 0.15) is 0 Å². The molecular formula is C17H28N2O2. The van der Waals surface area contributed by atoms with Gasteiger partial charge in [0.25, 0.3) is 0 Å². The van der Waals surface area contributed by atoms with E-state index in [1.54, 1.807) is 0 Å². The molecule has 0 aliphatic heterocycles. The van der Waals surface area contributed by atoms with Crippen LogP contribution in [0.1, 0.15) is 46.0 Å². The molecule has 0 aromatic heterocycles. The molecule has 1 rings (SSSR count). The summed E-state index contributed by atoms with van der Waals surface area (Å²) in [4.78, 5) is 13.0. The maximum absolute atomic E-state index is 10.9. The van der Waals surface area contributed by atoms with Gasteiger partial charge in [-0.2, -0.15) is 0 Å². The van der Waals surface area contributed by atoms with Gasteiger partial charge in [-0.15, -0.1) is 0 Å². The van der Waals surface area contributed by atoms with Crippen molar-refractivity contribution in [2.24, 2.45) is 5.92 Å². The van der Waals surface area contributed by atoms with Crippen molar-refractivity contribution in [3.8, 4) is 0 Å². The SMILES string of the molecule is CCCCC(CC)CN(CCC(=O)O)c1ccccc1N. The summed E-state index contributed by atoms with van der Waals surface area (Å²) < 4.78 is 0. The molecular weight excluding hydrogens is 264 g/mol. The second kappa shape index (κ2) is 9.27. The van der Waals surface area contributed by atoms with Crippen molar-refractivity contribution >= 4 is 17.3 Å². The van der Waals surface area contributed by atoms with E-state index in [9.17, 15) is 4.79 Å². The number of anilines is 2. The largest absolute Gasteiger partial charge is 0.481 e. The van der Waals surface area contributed by atoms with E-state index in [-0.39, 0.29) is 6.42 Å². The van der Waals surface area contributed by atoms with Gasteiger partial charge in [-0.25, -0.2) is 0 Å². The average Bonchev–Trinajstić information content (AvgIpc) is 2.47. The van der Waals surface area contributed by atoms with Crippen LogP contribution >= 0.6 is 0 Å². The highest BCUT2D eigenvalue weighted by atomic mass is 16.4. The highest BCUT2D eigenvalue weighted by Gasteiger charge is 2.16. The Balaban J connectivity index is 2.81. The Morgan fingerprint density at radius 3 is 2.62 bits per heavy atom. The first-order valence-corrected chi connectivity index (χ1v) is 7.89. The minimum atomic E-state index is -0.767. The van der Waals surface area contributed by atoms with Crippen molar-refractivity contribution in [1.29, 1.82) is 0 Å². The number of nitrogen functional groups attached to an aromatic ring is 1. The summed E-state index contributed by atoms with van der Waals surface area (Å²) in [6.45, 7) is 5.78. The molecule has 0 bridgehead atoms. The molecule has 4 nitrogen and oxygen atoms in total. The molecule has 1 atom stereocenters. The minimum Gasteiger partial charge on any atom is -0.481 e. The Labute approximate surface area is 128 Å². The van der Waals surface area contributed by atoms with Crippen LogP contribution in [0.3, 0.4) is 0 Å². The Morgan fingerprint density at radius 2 is 2.05 bits per heavy atom. The Morgan fingerprint density at radius 1 is 1.33 bits per heavy atom. The van der Waals surface area contributed by atoms with Crippen molar-refractivity contribution in [1.82, 2.24) is 0 Å². The van der Waals surface area contributed by atoms with E-state index in [4.69, 9.17) is 10.8 Å². The Bertz CT molecular complexity index is 435. The van der Waals surface area contributed by atoms with E-state index < -0.39 is 5.97 Å². The Kier molecular flexibility index (Phi) is 7.65. The van der Waals surface area contributed by atoms with Crippen molar-refractivity contribution in [2.75, 3.05) is 23.7 Å². The lowest BCUT2D eigenvalue weighted by Gasteiger charge is -2.29. The molecule has 0 fully saturated rings. The van der Waals surface area contributed by atoms with Gasteiger partial charge < -0.3 is 15.7 Å². The smallest absolute Gasteiger partial charge is 0.305 e. The number of benzene rings is 1. The summed E-state index contributed by atoms with van der Waals surface area (Å²) >= 11 is 0. The number of hydrogen-bond donors (Lipinski definition) is 2. The maximum atomic E-state index is 10.9. The first-order chi connectivity index (χ1) is 10.1. The van der Waals surface area contributed by atoms with E-state index >= 15 is 0 Å². The number of carboxylic acid groups (broad SMARTS) is 1. The molecule has 1 aromatic carbocycles. The number of aliphatic carboxylic acids is 1. The Hall–Kier alpha value is -1.71. The fourth-order valence-corrected chi connectivity index (χ4v) is 2.55. The zero-order valence-corrected chi connectivity index (χ0v) is 13.2. The normalized spacial score (nSPS) is 12.1. The molecule has 0 amide bonds. The predicted octanol–water partition coefficient (Wildman–Crippen LogP) is 3.77. The quantitative estimate of drug-likeness (QED) is 0.644. The number of nitrogens with zero attached hydrogens (tertiary/aromatic N) is 1. The van der Waals surface area contributed by atoms with E-state index in [0.717, 1.165) is 18.7 Å². The highest BCUT2D eigenvalue weighted by molar-refractivity contribution is 5.70. The fourth-order valence-electron chi connectivity index (χ4n) is 2.55. The van der Waals surface area contributed by atoms with Gasteiger partial charge in [0, 0.05) is 13.1 Å². The average molecular weight is 292 g/mol. The van der Waals surface area contributed by atoms with Crippen LogP contribution < -0.4 is 10.6 Å². The topological polar surface area (TPSA) is 66.6 Å². The summed E-state index contributed by atoms with van der Waals surface area (Å²) in [6, 6.07) is 7.70. The third-order valence-electron chi connectivity index (χ3n) is 3.89. The molecule has 0 heterocycles. The van der Waals surface area contributed by atoms with Crippen molar-refractivity contribution in [3.63, 3.8) is 0 Å². The first kappa shape index (κ1) is 17.3. The van der Waals surface area contributed by atoms with Crippen LogP contribution in [0.5, 0.6) is 0 Å². The summed E-state index contributed by atoms with van der Waals surface area (Å²) in [7, 11) is 0. The summed E-state index contributed by atoms with van der Waals surface area (Å²) in [5, 5.41) is 8.95. The van der Waals surface area contributed by atoms with Crippen LogP contribution in [0.15, 0.2) is 24.3 Å². The summed E-state index contributed by atoms with van der Waals surface area (Å²) in [5.41, 5.74) is 7.72. The second-order valence-corrected chi connectivity index (χ2v) is 5.57. The lowest BCUT2D eigenvalue weighted by molar-refractivity contribution is -0.136. The van der Waals surface area contributed by atoms with Gasteiger partial charge in [-0.3, -0.25) is 4.79 Å². The monoisotopic (exact) mass is 292 g/mol. The molecule has 21 heavy (non-hydrogen) atoms. The van der Waals surface area contributed by atoms with Crippen molar-refractivity contribution in [2.45, 2.75) is 46.0 Å². The lowest BCUT2D eigenvalue weighted by Crippen LogP contribution is -2.32. The number of nitrogens with two attached hydrogens (primary N) is 1. The number of hydrogen-bond acceptors (Lipinski definition) is 3. The van der Waals surface area contributed by atoms with Gasteiger partial charge >= 0.3 is 5.97 Å². The van der Waals surface area contributed by atoms with Crippen molar-refractivity contribution in [3.05, 3.63) is 24.3 Å². The molecule has 1 aromatic rings. The first-order valence-electron chi connectivity index (χ1n) is 7.89. The van der Waals surface area contributed by atoms with Gasteiger partial charge in [-0.1, -0.05) is 45.2 Å². The zero-order valence-electron chi connectivity index (χ0n) is 13.2. The standard InChI is InChI=1S/C17H28N2O2/c1-3-5-8-14(4-2)13-19(12-11-17(20)21)16-10-7-6-9-15(16)18/h6-7,9-10,14H,3-5,8,11-13,18H2,1-2H3,(H,20,21). The van der Waals surface area contributed by atoms with E-state index in [0.29, 0.717) is 18.2 Å². The second-order valence-electron chi connectivity index (χ2n) is 5.57. The van der Waals surface area contributed by atoms with Crippen molar-refractivity contribution < 1.29 is 9.90 Å². The van der Waals surface area contributed by atoms with Crippen LogP contribution in [0, 0.1) is 5.92 Å². The van der Waals surface area contributed by atoms with Crippen LogP contribution in [0.25, 0.3) is 0 Å². The molecule has 0 spiro atoms. The molecule has 0 saturated carbocycles. The van der Waals surface area contributed by atoms with Crippen LogP contribution in [-0.2, 0) is 4.79 Å². The number of rotatable bonds is 10. The molecule has 0 radical (unpaired) electrons. The lowest BCUT2D eigenvalue weighted by atomic mass is 9.98. The number of para-hydroxylation sites is 2. The molecule has 3 N–H and O–H groups in total. The molecule has 0 saturated heterocycles. The van der Waals surface area contributed by atoms with Gasteiger partial charge in [0.05, 0.1) is 17.8 Å². The van der Waals surface area contributed by atoms with Gasteiger partial charge in [-0.05, 0) is 24.5 Å². The highest BCUT2D eigenvalue weighted by Crippen LogP contribution is 2.25. The summed E-state index contributed by atoms with van der Waals surface area (Å²) in [6.07, 6.45) is 4.84. The van der Waals surface area contributed by atoms with Crippen LogP contribution in [0.4, 0.5) is 11.4 Å². The predicted molar refractivity (Wildman–Crippen MR) is 88.6 cm³/mol. The fraction of sp³-hybridized carbons (Fsp3) is 0.588. The zero-order chi connectivity index (χ0) is 15.7. The molecule has 4 heteroatoms. The van der Waals surface area contributed by atoms with E-state index in [1.807, 2.05) is 24.3 Å². The number of carbonyl (C=O) groups is 1. The van der Waals surface area contributed by atoms with Gasteiger partial charge in [0.2, 0.25) is 0 Å². The molecule has 118 valence electrons.